The highest BCUT2D eigenvalue weighted by Crippen LogP contribution is 2.06. The minimum Gasteiger partial charge on any atom is -0.330 e. The Morgan fingerprint density at radius 1 is 1.16 bits per heavy atom. The third kappa shape index (κ3) is 7.87. The van der Waals surface area contributed by atoms with Gasteiger partial charge >= 0.3 is 0 Å². The molecule has 0 radical (unpaired) electrons. The van der Waals surface area contributed by atoms with Gasteiger partial charge in [0.2, 0.25) is 0 Å². The summed E-state index contributed by atoms with van der Waals surface area (Å²) < 4.78 is 22.2. The number of rotatable bonds is 7. The Labute approximate surface area is 118 Å². The molecule has 1 rings (SSSR count). The largest absolute Gasteiger partial charge is 0.330 e. The third-order valence-electron chi connectivity index (χ3n) is 3.64. The lowest BCUT2D eigenvalue weighted by molar-refractivity contribution is 0.235. The summed E-state index contributed by atoms with van der Waals surface area (Å²) in [5, 5.41) is 0. The average Bonchev–Trinajstić information content (AvgIpc) is 2.53. The minimum absolute atomic E-state index is 0.303. The van der Waals surface area contributed by atoms with E-state index in [1.807, 2.05) is 0 Å². The quantitative estimate of drug-likeness (QED) is 0.716. The highest BCUT2D eigenvalue weighted by molar-refractivity contribution is 7.90. The molecule has 5 nitrogen and oxygen atoms in total. The molecule has 1 aliphatic heterocycles. The van der Waals surface area contributed by atoms with E-state index in [0.717, 1.165) is 58.7 Å². The fourth-order valence-corrected chi connectivity index (χ4v) is 3.15. The van der Waals surface area contributed by atoms with E-state index in [9.17, 15) is 8.42 Å². The van der Waals surface area contributed by atoms with Gasteiger partial charge in [0.05, 0.1) is 5.75 Å². The summed E-state index contributed by atoms with van der Waals surface area (Å²) in [6.45, 7) is 9.23. The highest BCUT2D eigenvalue weighted by Gasteiger charge is 2.16. The molecule has 0 aliphatic carbocycles. The second-order valence-electron chi connectivity index (χ2n) is 5.82. The van der Waals surface area contributed by atoms with Crippen LogP contribution >= 0.6 is 0 Å². The molecule has 1 heterocycles. The van der Waals surface area contributed by atoms with E-state index in [1.165, 1.54) is 6.26 Å². The van der Waals surface area contributed by atoms with Crippen molar-refractivity contribution in [1.82, 2.24) is 9.80 Å². The molecular formula is C13H29N3O2S. The summed E-state index contributed by atoms with van der Waals surface area (Å²) in [5.41, 5.74) is 5.67. The van der Waals surface area contributed by atoms with Crippen LogP contribution in [0.15, 0.2) is 0 Å². The van der Waals surface area contributed by atoms with Gasteiger partial charge in [0.25, 0.3) is 0 Å². The van der Waals surface area contributed by atoms with E-state index in [1.54, 1.807) is 0 Å². The van der Waals surface area contributed by atoms with Gasteiger partial charge in [0, 0.05) is 25.9 Å². The zero-order chi connectivity index (χ0) is 14.3. The Bertz CT molecular complexity index is 346. The molecule has 0 spiro atoms. The lowest BCUT2D eigenvalue weighted by atomic mass is 10.1. The maximum Gasteiger partial charge on any atom is 0.147 e. The summed E-state index contributed by atoms with van der Waals surface area (Å²) in [6.07, 6.45) is 3.22. The van der Waals surface area contributed by atoms with Crippen LogP contribution < -0.4 is 5.73 Å². The fraction of sp³-hybridized carbons (Fsp3) is 1.00. The molecule has 0 aromatic carbocycles. The van der Waals surface area contributed by atoms with Crippen molar-refractivity contribution < 1.29 is 8.42 Å². The Morgan fingerprint density at radius 2 is 1.79 bits per heavy atom. The predicted octanol–water partition coefficient (Wildman–Crippen LogP) is 0.0236. The standard InChI is InChI=1S/C13H29N3O2S/c1-13(11-14)12-16-6-3-5-15(8-9-16)7-4-10-19(2,17)18/h13H,3-12,14H2,1-2H3. The molecule has 1 unspecified atom stereocenters. The van der Waals surface area contributed by atoms with Gasteiger partial charge < -0.3 is 15.5 Å². The van der Waals surface area contributed by atoms with Crippen molar-refractivity contribution in [2.75, 3.05) is 57.8 Å². The molecule has 1 saturated heterocycles. The van der Waals surface area contributed by atoms with Gasteiger partial charge in [-0.2, -0.15) is 0 Å². The van der Waals surface area contributed by atoms with Crippen LogP contribution in [0.3, 0.4) is 0 Å². The van der Waals surface area contributed by atoms with Crippen molar-refractivity contribution in [3.05, 3.63) is 0 Å². The minimum atomic E-state index is -2.82. The van der Waals surface area contributed by atoms with E-state index < -0.39 is 9.84 Å². The van der Waals surface area contributed by atoms with Crippen LogP contribution in [0.2, 0.25) is 0 Å². The maximum absolute atomic E-state index is 11.1. The summed E-state index contributed by atoms with van der Waals surface area (Å²) in [6, 6.07) is 0. The number of hydrogen-bond acceptors (Lipinski definition) is 5. The van der Waals surface area contributed by atoms with Crippen molar-refractivity contribution in [2.45, 2.75) is 19.8 Å². The number of hydrogen-bond donors (Lipinski definition) is 1. The lowest BCUT2D eigenvalue weighted by Gasteiger charge is -2.23. The Hall–Kier alpha value is -0.170. The first-order valence-electron chi connectivity index (χ1n) is 7.23. The Kier molecular flexibility index (Phi) is 7.28. The molecule has 6 heteroatoms. The molecule has 1 aliphatic rings. The topological polar surface area (TPSA) is 66.6 Å². The molecular weight excluding hydrogens is 262 g/mol. The van der Waals surface area contributed by atoms with Crippen LogP contribution in [-0.4, -0.2) is 76.0 Å². The predicted molar refractivity (Wildman–Crippen MR) is 80.0 cm³/mol. The van der Waals surface area contributed by atoms with Crippen LogP contribution in [-0.2, 0) is 9.84 Å². The first kappa shape index (κ1) is 16.9. The molecule has 19 heavy (non-hydrogen) atoms. The zero-order valence-electron chi connectivity index (χ0n) is 12.3. The summed E-state index contributed by atoms with van der Waals surface area (Å²) in [5.74, 6) is 0.856. The van der Waals surface area contributed by atoms with Gasteiger partial charge in [-0.25, -0.2) is 8.42 Å². The SMILES string of the molecule is CC(CN)CN1CCCN(CCCS(C)(=O)=O)CC1. The summed E-state index contributed by atoms with van der Waals surface area (Å²) in [4.78, 5) is 4.87. The van der Waals surface area contributed by atoms with Gasteiger partial charge in [-0.1, -0.05) is 6.92 Å². The van der Waals surface area contributed by atoms with Crippen molar-refractivity contribution in [2.24, 2.45) is 11.7 Å². The van der Waals surface area contributed by atoms with Crippen LogP contribution in [0.5, 0.6) is 0 Å². The van der Waals surface area contributed by atoms with Crippen LogP contribution in [0, 0.1) is 5.92 Å². The van der Waals surface area contributed by atoms with Gasteiger partial charge in [-0.05, 0) is 44.9 Å². The normalized spacial score (nSPS) is 21.2. The van der Waals surface area contributed by atoms with Crippen LogP contribution in [0.1, 0.15) is 19.8 Å². The first-order valence-corrected chi connectivity index (χ1v) is 9.29. The van der Waals surface area contributed by atoms with Crippen LogP contribution in [0.25, 0.3) is 0 Å². The zero-order valence-corrected chi connectivity index (χ0v) is 13.2. The van der Waals surface area contributed by atoms with E-state index in [-0.39, 0.29) is 0 Å². The van der Waals surface area contributed by atoms with E-state index in [2.05, 4.69) is 16.7 Å². The molecule has 0 bridgehead atoms. The van der Waals surface area contributed by atoms with Gasteiger partial charge in [-0.3, -0.25) is 0 Å². The summed E-state index contributed by atoms with van der Waals surface area (Å²) >= 11 is 0. The Balaban J connectivity index is 2.26. The molecule has 114 valence electrons. The second-order valence-corrected chi connectivity index (χ2v) is 8.08. The number of nitrogens with zero attached hydrogens (tertiary/aromatic N) is 2. The van der Waals surface area contributed by atoms with Crippen molar-refractivity contribution in [3.63, 3.8) is 0 Å². The van der Waals surface area contributed by atoms with E-state index in [0.29, 0.717) is 11.7 Å². The molecule has 1 atom stereocenters. The molecule has 1 fully saturated rings. The van der Waals surface area contributed by atoms with E-state index >= 15 is 0 Å². The number of sulfone groups is 1. The number of nitrogens with two attached hydrogens (primary N) is 1. The van der Waals surface area contributed by atoms with Crippen molar-refractivity contribution in [3.8, 4) is 0 Å². The smallest absolute Gasteiger partial charge is 0.147 e. The maximum atomic E-state index is 11.1. The Morgan fingerprint density at radius 3 is 2.42 bits per heavy atom. The van der Waals surface area contributed by atoms with Crippen molar-refractivity contribution in [1.29, 1.82) is 0 Å². The monoisotopic (exact) mass is 291 g/mol. The highest BCUT2D eigenvalue weighted by atomic mass is 32.2. The fourth-order valence-electron chi connectivity index (χ4n) is 2.50. The van der Waals surface area contributed by atoms with Gasteiger partial charge in [0.1, 0.15) is 9.84 Å². The molecule has 0 saturated carbocycles. The van der Waals surface area contributed by atoms with Crippen LogP contribution in [0.4, 0.5) is 0 Å². The van der Waals surface area contributed by atoms with E-state index in [4.69, 9.17) is 5.73 Å². The third-order valence-corrected chi connectivity index (χ3v) is 4.67. The van der Waals surface area contributed by atoms with Gasteiger partial charge in [-0.15, -0.1) is 0 Å². The second kappa shape index (κ2) is 8.19. The molecule has 0 aromatic rings. The first-order chi connectivity index (χ1) is 8.90. The lowest BCUT2D eigenvalue weighted by Crippen LogP contribution is -2.35. The van der Waals surface area contributed by atoms with Crippen molar-refractivity contribution >= 4 is 9.84 Å². The molecule has 0 amide bonds. The average molecular weight is 291 g/mol. The van der Waals surface area contributed by atoms with Gasteiger partial charge in [0.15, 0.2) is 0 Å². The molecule has 2 N–H and O–H groups in total. The summed E-state index contributed by atoms with van der Waals surface area (Å²) in [7, 11) is -2.82. The molecule has 0 aromatic heterocycles.